The highest BCUT2D eigenvalue weighted by Gasteiger charge is 2.35. The summed E-state index contributed by atoms with van der Waals surface area (Å²) in [4.78, 5) is 26.3. The molecule has 3 rings (SSSR count). The van der Waals surface area contributed by atoms with E-state index in [1.807, 2.05) is 31.2 Å². The molecular formula is C18H16BrFN2O2. The second-order valence-corrected chi connectivity index (χ2v) is 6.72. The van der Waals surface area contributed by atoms with Crippen LogP contribution >= 0.6 is 15.9 Å². The van der Waals surface area contributed by atoms with Crippen LogP contribution in [0.25, 0.3) is 0 Å². The van der Waals surface area contributed by atoms with E-state index in [-0.39, 0.29) is 23.9 Å². The molecule has 0 unspecified atom stereocenters. The number of para-hydroxylation sites is 1. The largest absolute Gasteiger partial charge is 0.323 e. The third kappa shape index (κ3) is 3.33. The van der Waals surface area contributed by atoms with E-state index in [2.05, 4.69) is 21.2 Å². The van der Waals surface area contributed by atoms with E-state index >= 15 is 0 Å². The molecule has 124 valence electrons. The fraction of sp³-hybridized carbons (Fsp3) is 0.222. The van der Waals surface area contributed by atoms with Crippen LogP contribution in [-0.4, -0.2) is 18.4 Å². The first-order chi connectivity index (χ1) is 11.5. The van der Waals surface area contributed by atoms with Crippen LogP contribution in [-0.2, 0) is 9.59 Å². The fourth-order valence-electron chi connectivity index (χ4n) is 2.81. The summed E-state index contributed by atoms with van der Waals surface area (Å²) in [6.45, 7) is 2.22. The number of hydrogen-bond donors (Lipinski definition) is 1. The van der Waals surface area contributed by atoms with Crippen LogP contribution in [0.3, 0.4) is 0 Å². The number of benzene rings is 2. The molecule has 6 heteroatoms. The molecule has 0 spiro atoms. The summed E-state index contributed by atoms with van der Waals surface area (Å²) < 4.78 is 14.4. The predicted molar refractivity (Wildman–Crippen MR) is 94.4 cm³/mol. The summed E-state index contributed by atoms with van der Waals surface area (Å²) in [5, 5.41) is 2.57. The van der Waals surface area contributed by atoms with Crippen molar-refractivity contribution < 1.29 is 14.0 Å². The average Bonchev–Trinajstić information content (AvgIpc) is 2.92. The van der Waals surface area contributed by atoms with Gasteiger partial charge in [0.1, 0.15) is 5.82 Å². The molecule has 1 aliphatic heterocycles. The van der Waals surface area contributed by atoms with Gasteiger partial charge in [-0.05, 0) is 36.8 Å². The second kappa shape index (κ2) is 6.73. The van der Waals surface area contributed by atoms with Gasteiger partial charge in [0.15, 0.2) is 0 Å². The summed E-state index contributed by atoms with van der Waals surface area (Å²) in [5.74, 6) is -1.46. The van der Waals surface area contributed by atoms with Crippen molar-refractivity contribution in [2.24, 2.45) is 5.92 Å². The van der Waals surface area contributed by atoms with Crippen molar-refractivity contribution in [2.45, 2.75) is 13.3 Å². The molecule has 0 radical (unpaired) electrons. The van der Waals surface area contributed by atoms with E-state index < -0.39 is 11.7 Å². The molecule has 1 atom stereocenters. The van der Waals surface area contributed by atoms with Gasteiger partial charge in [0.05, 0.1) is 11.6 Å². The summed E-state index contributed by atoms with van der Waals surface area (Å²) in [5.41, 5.74) is 1.91. The number of nitrogens with one attached hydrogen (secondary N) is 1. The highest BCUT2D eigenvalue weighted by Crippen LogP contribution is 2.29. The van der Waals surface area contributed by atoms with Crippen molar-refractivity contribution in [3.8, 4) is 0 Å². The van der Waals surface area contributed by atoms with Crippen molar-refractivity contribution in [1.82, 2.24) is 0 Å². The Bertz CT molecular complexity index is 809. The fourth-order valence-corrected chi connectivity index (χ4v) is 3.14. The molecule has 0 bridgehead atoms. The third-order valence-electron chi connectivity index (χ3n) is 4.09. The minimum absolute atomic E-state index is 0.0965. The zero-order valence-corrected chi connectivity index (χ0v) is 14.6. The van der Waals surface area contributed by atoms with Gasteiger partial charge in [0.2, 0.25) is 11.8 Å². The zero-order chi connectivity index (χ0) is 17.3. The first-order valence-corrected chi connectivity index (χ1v) is 8.37. The van der Waals surface area contributed by atoms with Gasteiger partial charge in [0, 0.05) is 23.1 Å². The zero-order valence-electron chi connectivity index (χ0n) is 13.1. The molecule has 1 aliphatic rings. The lowest BCUT2D eigenvalue weighted by Gasteiger charge is -2.19. The van der Waals surface area contributed by atoms with Gasteiger partial charge < -0.3 is 10.2 Å². The molecule has 0 aliphatic carbocycles. The number of anilines is 2. The minimum atomic E-state index is -0.516. The lowest BCUT2D eigenvalue weighted by Crippen LogP contribution is -2.28. The molecule has 1 fully saturated rings. The van der Waals surface area contributed by atoms with Crippen LogP contribution in [0, 0.1) is 18.7 Å². The summed E-state index contributed by atoms with van der Waals surface area (Å²) in [6, 6.07) is 12.0. The van der Waals surface area contributed by atoms with Crippen molar-refractivity contribution >= 4 is 39.1 Å². The van der Waals surface area contributed by atoms with Crippen LogP contribution in [0.5, 0.6) is 0 Å². The summed E-state index contributed by atoms with van der Waals surface area (Å²) in [6.07, 6.45) is 0.123. The van der Waals surface area contributed by atoms with Gasteiger partial charge in [-0.1, -0.05) is 34.1 Å². The molecule has 24 heavy (non-hydrogen) atoms. The number of nitrogens with zero attached hydrogens (tertiary/aromatic N) is 1. The Kier molecular flexibility index (Phi) is 4.66. The SMILES string of the molecule is Cc1ccccc1N1C[C@H](C(=O)Nc2ccc(Br)cc2F)CC1=O. The molecule has 1 saturated heterocycles. The lowest BCUT2D eigenvalue weighted by molar-refractivity contribution is -0.122. The number of carbonyl (C=O) groups excluding carboxylic acids is 2. The molecule has 2 aromatic carbocycles. The monoisotopic (exact) mass is 390 g/mol. The molecule has 0 aromatic heterocycles. The number of aryl methyl sites for hydroxylation is 1. The first kappa shape index (κ1) is 16.6. The Balaban J connectivity index is 1.73. The smallest absolute Gasteiger partial charge is 0.229 e. The normalized spacial score (nSPS) is 17.2. The van der Waals surface area contributed by atoms with Gasteiger partial charge in [-0.3, -0.25) is 9.59 Å². The first-order valence-electron chi connectivity index (χ1n) is 7.57. The molecular weight excluding hydrogens is 375 g/mol. The van der Waals surface area contributed by atoms with Gasteiger partial charge in [0.25, 0.3) is 0 Å². The van der Waals surface area contributed by atoms with E-state index in [0.717, 1.165) is 11.3 Å². The number of carbonyl (C=O) groups is 2. The Morgan fingerprint density at radius 2 is 2.04 bits per heavy atom. The van der Waals surface area contributed by atoms with Crippen molar-refractivity contribution in [1.29, 1.82) is 0 Å². The molecule has 2 amide bonds. The molecule has 4 nitrogen and oxygen atoms in total. The van der Waals surface area contributed by atoms with Crippen molar-refractivity contribution in [3.05, 3.63) is 58.3 Å². The van der Waals surface area contributed by atoms with Crippen LogP contribution in [0.15, 0.2) is 46.9 Å². The standard InChI is InChI=1S/C18H16BrFN2O2/c1-11-4-2-3-5-16(11)22-10-12(8-17(22)23)18(24)21-15-7-6-13(19)9-14(15)20/h2-7,9,12H,8,10H2,1H3,(H,21,24)/t12-/m1/s1. The maximum absolute atomic E-state index is 13.8. The van der Waals surface area contributed by atoms with Crippen LogP contribution in [0.2, 0.25) is 0 Å². The van der Waals surface area contributed by atoms with Gasteiger partial charge in [-0.25, -0.2) is 4.39 Å². The van der Waals surface area contributed by atoms with Gasteiger partial charge in [-0.15, -0.1) is 0 Å². The van der Waals surface area contributed by atoms with Gasteiger partial charge in [-0.2, -0.15) is 0 Å². The van der Waals surface area contributed by atoms with Crippen LogP contribution < -0.4 is 10.2 Å². The van der Waals surface area contributed by atoms with Crippen LogP contribution in [0.1, 0.15) is 12.0 Å². The Labute approximate surface area is 147 Å². The van der Waals surface area contributed by atoms with E-state index in [0.29, 0.717) is 11.0 Å². The maximum atomic E-state index is 13.8. The Morgan fingerprint density at radius 3 is 2.75 bits per heavy atom. The number of rotatable bonds is 3. The Morgan fingerprint density at radius 1 is 1.29 bits per heavy atom. The topological polar surface area (TPSA) is 49.4 Å². The van der Waals surface area contributed by atoms with E-state index in [9.17, 15) is 14.0 Å². The Hall–Kier alpha value is -2.21. The quantitative estimate of drug-likeness (QED) is 0.863. The molecule has 1 heterocycles. The van der Waals surface area contributed by atoms with Crippen LogP contribution in [0.4, 0.5) is 15.8 Å². The molecule has 2 aromatic rings. The van der Waals surface area contributed by atoms with Crippen molar-refractivity contribution in [3.63, 3.8) is 0 Å². The van der Waals surface area contributed by atoms with Crippen molar-refractivity contribution in [2.75, 3.05) is 16.8 Å². The number of amides is 2. The maximum Gasteiger partial charge on any atom is 0.229 e. The number of hydrogen-bond acceptors (Lipinski definition) is 2. The third-order valence-corrected chi connectivity index (χ3v) is 4.58. The van der Waals surface area contributed by atoms with Gasteiger partial charge >= 0.3 is 0 Å². The minimum Gasteiger partial charge on any atom is -0.323 e. The van der Waals surface area contributed by atoms with E-state index in [4.69, 9.17) is 0 Å². The lowest BCUT2D eigenvalue weighted by atomic mass is 10.1. The highest BCUT2D eigenvalue weighted by atomic mass is 79.9. The summed E-state index contributed by atoms with van der Waals surface area (Å²) in [7, 11) is 0. The average molecular weight is 391 g/mol. The molecule has 0 saturated carbocycles. The molecule has 1 N–H and O–H groups in total. The van der Waals surface area contributed by atoms with E-state index in [1.54, 1.807) is 11.0 Å². The second-order valence-electron chi connectivity index (χ2n) is 5.81. The number of halogens is 2. The summed E-state index contributed by atoms with van der Waals surface area (Å²) >= 11 is 3.17. The predicted octanol–water partition coefficient (Wildman–Crippen LogP) is 3.89. The highest BCUT2D eigenvalue weighted by molar-refractivity contribution is 9.10. The van der Waals surface area contributed by atoms with E-state index in [1.165, 1.54) is 12.1 Å².